The van der Waals surface area contributed by atoms with E-state index in [1.165, 1.54) is 19.2 Å². The number of nitrogens with zero attached hydrogens (tertiary/aromatic N) is 3. The molecule has 1 saturated carbocycles. The Hall–Kier alpha value is -3.97. The van der Waals surface area contributed by atoms with E-state index in [4.69, 9.17) is 21.1 Å². The highest BCUT2D eigenvalue weighted by atomic mass is 35.5. The highest BCUT2D eigenvalue weighted by Gasteiger charge is 2.57. The number of aliphatic hydroxyl groups is 1. The van der Waals surface area contributed by atoms with Crippen LogP contribution >= 0.6 is 11.6 Å². The van der Waals surface area contributed by atoms with Crippen LogP contribution in [0.3, 0.4) is 0 Å². The number of rotatable bonds is 7. The van der Waals surface area contributed by atoms with E-state index < -0.39 is 58.7 Å². The minimum Gasteiger partial charge on any atom is -0.494 e. The van der Waals surface area contributed by atoms with Crippen LogP contribution in [0, 0.1) is 11.6 Å². The van der Waals surface area contributed by atoms with Gasteiger partial charge < -0.3 is 19.9 Å². The summed E-state index contributed by atoms with van der Waals surface area (Å²) >= 11 is 5.73. The number of pyridine rings is 1. The summed E-state index contributed by atoms with van der Waals surface area (Å²) < 4.78 is 86.2. The summed E-state index contributed by atoms with van der Waals surface area (Å²) in [4.78, 5) is 17.0. The molecule has 0 bridgehead atoms. The molecule has 0 radical (unpaired) electrons. The fourth-order valence-electron chi connectivity index (χ4n) is 5.10. The SMILES string of the molecule is COc1cc(C(=O)NC[C@](O)(c2cc3c(c(-c4c(F)cc(Cl)cc4F)n2)OC[C@H]3C)C(F)(F)F)cc2cn(C3CC3)nc12. The van der Waals surface area contributed by atoms with Crippen molar-refractivity contribution in [3.8, 4) is 22.8 Å². The zero-order valence-electron chi connectivity index (χ0n) is 22.7. The molecule has 1 aliphatic heterocycles. The Bertz CT molecular complexity index is 1750. The van der Waals surface area contributed by atoms with Crippen LogP contribution < -0.4 is 14.8 Å². The third kappa shape index (κ3) is 5.03. The fourth-order valence-corrected chi connectivity index (χ4v) is 5.29. The maximum absolute atomic E-state index is 14.9. The zero-order valence-corrected chi connectivity index (χ0v) is 23.5. The van der Waals surface area contributed by atoms with Crippen molar-refractivity contribution in [2.75, 3.05) is 20.3 Å². The van der Waals surface area contributed by atoms with Gasteiger partial charge in [0.15, 0.2) is 0 Å². The van der Waals surface area contributed by atoms with Crippen molar-refractivity contribution in [1.29, 1.82) is 0 Å². The van der Waals surface area contributed by atoms with Gasteiger partial charge in [0.25, 0.3) is 5.91 Å². The molecule has 14 heteroatoms. The summed E-state index contributed by atoms with van der Waals surface area (Å²) in [6.45, 7) is 0.285. The standard InChI is InChI=1S/C29H24ClF5N4O4/c1-13-11-43-26-18(13)9-22(37-25(26)23-19(31)7-16(30)8-20(23)32)28(41,29(33,34)35)12-36-27(40)14-5-15-10-39(17-3-4-17)38-24(15)21(6-14)42-2/h5-10,13,17,41H,3-4,11-12H2,1-2H3,(H,36,40)/t13-,28+/m1/s1. The zero-order chi connectivity index (χ0) is 30.8. The molecular formula is C29H24ClF5N4O4. The molecule has 0 saturated heterocycles. The average molecular weight is 623 g/mol. The number of methoxy groups -OCH3 is 1. The lowest BCUT2D eigenvalue weighted by molar-refractivity contribution is -0.265. The molecule has 2 aromatic carbocycles. The third-order valence-electron chi connectivity index (χ3n) is 7.65. The number of ether oxygens (including phenoxy) is 2. The maximum Gasteiger partial charge on any atom is 0.424 e. The van der Waals surface area contributed by atoms with E-state index in [9.17, 15) is 31.9 Å². The van der Waals surface area contributed by atoms with Crippen LogP contribution in [0.5, 0.6) is 11.5 Å². The van der Waals surface area contributed by atoms with Gasteiger partial charge >= 0.3 is 6.18 Å². The number of alkyl halides is 3. The second-order valence-corrected chi connectivity index (χ2v) is 11.2. The number of amides is 1. The molecule has 1 amide bonds. The first kappa shape index (κ1) is 29.1. The van der Waals surface area contributed by atoms with Crippen LogP contribution in [-0.4, -0.2) is 52.2 Å². The van der Waals surface area contributed by atoms with Crippen molar-refractivity contribution in [2.24, 2.45) is 0 Å². The van der Waals surface area contributed by atoms with Gasteiger partial charge in [0, 0.05) is 33.7 Å². The van der Waals surface area contributed by atoms with Crippen LogP contribution in [0.15, 0.2) is 36.5 Å². The highest BCUT2D eigenvalue weighted by Crippen LogP contribution is 2.47. The molecule has 1 fully saturated rings. The lowest BCUT2D eigenvalue weighted by Crippen LogP contribution is -2.51. The molecular weight excluding hydrogens is 599 g/mol. The van der Waals surface area contributed by atoms with E-state index in [1.807, 2.05) is 0 Å². The Labute approximate surface area is 246 Å². The Morgan fingerprint density at radius 2 is 1.88 bits per heavy atom. The first-order valence-electron chi connectivity index (χ1n) is 13.3. The number of nitrogens with one attached hydrogen (secondary N) is 1. The topological polar surface area (TPSA) is 98.5 Å². The Morgan fingerprint density at radius 1 is 1.19 bits per heavy atom. The average Bonchev–Trinajstić information content (AvgIpc) is 3.60. The first-order valence-corrected chi connectivity index (χ1v) is 13.7. The highest BCUT2D eigenvalue weighted by molar-refractivity contribution is 6.30. The van der Waals surface area contributed by atoms with E-state index in [0.717, 1.165) is 31.0 Å². The van der Waals surface area contributed by atoms with Gasteiger partial charge in [-0.15, -0.1) is 0 Å². The molecule has 6 rings (SSSR count). The minimum atomic E-state index is -5.37. The van der Waals surface area contributed by atoms with E-state index in [1.54, 1.807) is 17.8 Å². The summed E-state index contributed by atoms with van der Waals surface area (Å²) in [5.74, 6) is -3.65. The normalized spacial score (nSPS) is 17.8. The Morgan fingerprint density at radius 3 is 2.51 bits per heavy atom. The molecule has 2 aromatic heterocycles. The molecule has 43 heavy (non-hydrogen) atoms. The number of halogens is 6. The quantitative estimate of drug-likeness (QED) is 0.244. The van der Waals surface area contributed by atoms with Crippen LogP contribution in [0.4, 0.5) is 22.0 Å². The molecule has 0 spiro atoms. The predicted octanol–water partition coefficient (Wildman–Crippen LogP) is 6.05. The number of hydrogen-bond donors (Lipinski definition) is 2. The molecule has 2 aliphatic rings. The van der Waals surface area contributed by atoms with Crippen molar-refractivity contribution >= 4 is 28.4 Å². The van der Waals surface area contributed by atoms with Crippen LogP contribution in [0.2, 0.25) is 5.02 Å². The molecule has 4 aromatic rings. The summed E-state index contributed by atoms with van der Waals surface area (Å²) in [7, 11) is 1.38. The molecule has 2 N–H and O–H groups in total. The van der Waals surface area contributed by atoms with Crippen molar-refractivity contribution in [1.82, 2.24) is 20.1 Å². The monoisotopic (exact) mass is 622 g/mol. The van der Waals surface area contributed by atoms with Crippen molar-refractivity contribution in [3.63, 3.8) is 0 Å². The van der Waals surface area contributed by atoms with Gasteiger partial charge in [-0.05, 0) is 43.2 Å². The third-order valence-corrected chi connectivity index (χ3v) is 7.86. The van der Waals surface area contributed by atoms with Crippen LogP contribution in [0.25, 0.3) is 22.2 Å². The van der Waals surface area contributed by atoms with Gasteiger partial charge in [-0.1, -0.05) is 18.5 Å². The van der Waals surface area contributed by atoms with Gasteiger partial charge in [0.2, 0.25) is 5.60 Å². The van der Waals surface area contributed by atoms with Gasteiger partial charge in [-0.2, -0.15) is 18.3 Å². The lowest BCUT2D eigenvalue weighted by atomic mass is 9.92. The molecule has 0 unspecified atom stereocenters. The van der Waals surface area contributed by atoms with E-state index in [-0.39, 0.29) is 40.3 Å². The van der Waals surface area contributed by atoms with Gasteiger partial charge in [-0.3, -0.25) is 9.48 Å². The van der Waals surface area contributed by atoms with Crippen molar-refractivity contribution in [3.05, 3.63) is 70.0 Å². The van der Waals surface area contributed by atoms with E-state index >= 15 is 0 Å². The van der Waals surface area contributed by atoms with Gasteiger partial charge in [-0.25, -0.2) is 13.8 Å². The number of carbonyl (C=O) groups excluding carboxylic acids is 1. The molecule has 8 nitrogen and oxygen atoms in total. The Balaban J connectivity index is 1.38. The van der Waals surface area contributed by atoms with Crippen molar-refractivity contribution < 1.29 is 41.3 Å². The molecule has 226 valence electrons. The maximum atomic E-state index is 14.9. The van der Waals surface area contributed by atoms with E-state index in [2.05, 4.69) is 15.4 Å². The molecule has 1 aliphatic carbocycles. The first-order chi connectivity index (χ1) is 20.3. The second kappa shape index (κ2) is 10.3. The lowest BCUT2D eigenvalue weighted by Gasteiger charge is -2.31. The smallest absolute Gasteiger partial charge is 0.424 e. The number of hydrogen-bond acceptors (Lipinski definition) is 6. The van der Waals surface area contributed by atoms with Gasteiger partial charge in [0.1, 0.15) is 34.3 Å². The molecule has 2 atom stereocenters. The van der Waals surface area contributed by atoms with Gasteiger partial charge in [0.05, 0.1) is 37.6 Å². The number of aromatic nitrogens is 3. The fraction of sp³-hybridized carbons (Fsp3) is 0.345. The number of carbonyl (C=O) groups is 1. The summed E-state index contributed by atoms with van der Waals surface area (Å²) in [6.07, 6.45) is -1.72. The van der Waals surface area contributed by atoms with Crippen molar-refractivity contribution in [2.45, 2.75) is 43.5 Å². The summed E-state index contributed by atoms with van der Waals surface area (Å²) in [5.41, 5.74) is -5.44. The van der Waals surface area contributed by atoms with Crippen LogP contribution in [0.1, 0.15) is 53.3 Å². The predicted molar refractivity (Wildman–Crippen MR) is 145 cm³/mol. The molecule has 3 heterocycles. The Kier molecular flexibility index (Phi) is 7.00. The second-order valence-electron chi connectivity index (χ2n) is 10.7. The number of fused-ring (bicyclic) bond motifs is 2. The summed E-state index contributed by atoms with van der Waals surface area (Å²) in [6, 6.07) is 5.59. The minimum absolute atomic E-state index is 0.00706. The van der Waals surface area contributed by atoms with Crippen LogP contribution in [-0.2, 0) is 5.60 Å². The summed E-state index contributed by atoms with van der Waals surface area (Å²) in [5, 5.41) is 18.0. The largest absolute Gasteiger partial charge is 0.494 e. The number of benzene rings is 2. The van der Waals surface area contributed by atoms with E-state index in [0.29, 0.717) is 10.9 Å².